The van der Waals surface area contributed by atoms with Gasteiger partial charge in [0.05, 0.1) is 7.11 Å². The van der Waals surface area contributed by atoms with E-state index in [0.29, 0.717) is 42.7 Å². The summed E-state index contributed by atoms with van der Waals surface area (Å²) >= 11 is 5.95. The molecule has 1 aliphatic rings. The predicted molar refractivity (Wildman–Crippen MR) is 97.1 cm³/mol. The third-order valence-electron chi connectivity index (χ3n) is 4.53. The van der Waals surface area contributed by atoms with Gasteiger partial charge in [0, 0.05) is 31.2 Å². The van der Waals surface area contributed by atoms with Gasteiger partial charge in [-0.1, -0.05) is 23.7 Å². The first-order chi connectivity index (χ1) is 12.5. The summed E-state index contributed by atoms with van der Waals surface area (Å²) in [5.41, 5.74) is 0.822. The van der Waals surface area contributed by atoms with Crippen LogP contribution in [0, 0.1) is 6.92 Å². The van der Waals surface area contributed by atoms with Gasteiger partial charge >= 0.3 is 5.97 Å². The molecular formula is C19H21ClN2O4. The summed E-state index contributed by atoms with van der Waals surface area (Å²) in [6, 6.07) is 10.1. The number of carbonyl (C=O) groups is 2. The van der Waals surface area contributed by atoms with Gasteiger partial charge < -0.3 is 14.1 Å². The number of hydrogen-bond acceptors (Lipinski definition) is 5. The van der Waals surface area contributed by atoms with Crippen molar-refractivity contribution in [3.8, 4) is 0 Å². The molecule has 138 valence electrons. The quantitative estimate of drug-likeness (QED) is 0.768. The number of benzene rings is 1. The molecule has 1 unspecified atom stereocenters. The molecule has 0 aliphatic carbocycles. The lowest BCUT2D eigenvalue weighted by atomic mass is 10.0. The topological polar surface area (TPSA) is 63.0 Å². The largest absolute Gasteiger partial charge is 0.468 e. The van der Waals surface area contributed by atoms with Crippen LogP contribution in [0.4, 0.5) is 0 Å². The maximum atomic E-state index is 12.5. The van der Waals surface area contributed by atoms with E-state index in [1.54, 1.807) is 29.2 Å². The van der Waals surface area contributed by atoms with Gasteiger partial charge in [0.2, 0.25) is 0 Å². The van der Waals surface area contributed by atoms with Crippen LogP contribution in [0.15, 0.2) is 40.8 Å². The van der Waals surface area contributed by atoms with Gasteiger partial charge in [0.25, 0.3) is 5.91 Å². The van der Waals surface area contributed by atoms with Gasteiger partial charge in [0.15, 0.2) is 5.76 Å². The molecule has 0 saturated carbocycles. The molecule has 3 rings (SSSR count). The molecular weight excluding hydrogens is 356 g/mol. The van der Waals surface area contributed by atoms with Crippen LogP contribution in [0.1, 0.15) is 27.9 Å². The second-order valence-electron chi connectivity index (χ2n) is 6.22. The number of furan rings is 1. The van der Waals surface area contributed by atoms with Crippen LogP contribution >= 0.6 is 11.6 Å². The number of ether oxygens (including phenoxy) is 1. The van der Waals surface area contributed by atoms with Gasteiger partial charge in [0.1, 0.15) is 11.8 Å². The molecule has 0 radical (unpaired) electrons. The molecule has 2 heterocycles. The number of rotatable bonds is 4. The maximum Gasteiger partial charge on any atom is 0.327 e. The fraction of sp³-hybridized carbons (Fsp3) is 0.368. The summed E-state index contributed by atoms with van der Waals surface area (Å²) in [5, 5.41) is 0.613. The number of nitrogens with zero attached hydrogens (tertiary/aromatic N) is 2. The first kappa shape index (κ1) is 18.5. The third kappa shape index (κ3) is 3.92. The number of halogens is 1. The van der Waals surface area contributed by atoms with Crippen molar-refractivity contribution in [2.45, 2.75) is 13.0 Å². The smallest absolute Gasteiger partial charge is 0.327 e. The Kier molecular flexibility index (Phi) is 5.64. The van der Waals surface area contributed by atoms with E-state index in [1.807, 2.05) is 24.0 Å². The Bertz CT molecular complexity index is 779. The van der Waals surface area contributed by atoms with E-state index in [9.17, 15) is 9.59 Å². The van der Waals surface area contributed by atoms with E-state index in [-0.39, 0.29) is 11.9 Å². The average Bonchev–Trinajstić information content (AvgIpc) is 3.09. The van der Waals surface area contributed by atoms with Crippen molar-refractivity contribution in [2.75, 3.05) is 33.3 Å². The van der Waals surface area contributed by atoms with Crippen molar-refractivity contribution >= 4 is 23.5 Å². The van der Waals surface area contributed by atoms with Crippen LogP contribution in [0.5, 0.6) is 0 Å². The molecule has 26 heavy (non-hydrogen) atoms. The standard InChI is InChI=1S/C19H21ClN2O4/c1-13-3-8-16(26-13)18(23)22-11-9-21(10-12-22)17(19(24)25-2)14-4-6-15(20)7-5-14/h3-8,17H,9-12H2,1-2H3. The fourth-order valence-corrected chi connectivity index (χ4v) is 3.27. The number of carbonyl (C=O) groups excluding carboxylic acids is 2. The number of methoxy groups -OCH3 is 1. The molecule has 0 N–H and O–H groups in total. The summed E-state index contributed by atoms with van der Waals surface area (Å²) in [6.45, 7) is 3.96. The Labute approximate surface area is 157 Å². The monoisotopic (exact) mass is 376 g/mol. The number of esters is 1. The SMILES string of the molecule is COC(=O)C(c1ccc(Cl)cc1)N1CCN(C(=O)c2ccc(C)o2)CC1. The van der Waals surface area contributed by atoms with Gasteiger partial charge in [-0.3, -0.25) is 9.69 Å². The first-order valence-corrected chi connectivity index (χ1v) is 8.80. The van der Waals surface area contributed by atoms with Crippen LogP contribution in [0.3, 0.4) is 0 Å². The van der Waals surface area contributed by atoms with Crippen molar-refractivity contribution in [3.05, 3.63) is 58.5 Å². The number of amides is 1. The second-order valence-corrected chi connectivity index (χ2v) is 6.65. The zero-order chi connectivity index (χ0) is 18.7. The van der Waals surface area contributed by atoms with Crippen LogP contribution in [0.2, 0.25) is 5.02 Å². The van der Waals surface area contributed by atoms with Crippen molar-refractivity contribution in [1.29, 1.82) is 0 Å². The maximum absolute atomic E-state index is 12.5. The molecule has 1 saturated heterocycles. The molecule has 7 heteroatoms. The molecule has 0 spiro atoms. The highest BCUT2D eigenvalue weighted by atomic mass is 35.5. The number of aryl methyl sites for hydroxylation is 1. The first-order valence-electron chi connectivity index (χ1n) is 8.42. The Morgan fingerprint density at radius 2 is 1.73 bits per heavy atom. The van der Waals surface area contributed by atoms with E-state index >= 15 is 0 Å². The Morgan fingerprint density at radius 3 is 2.27 bits per heavy atom. The Hall–Kier alpha value is -2.31. The lowest BCUT2D eigenvalue weighted by molar-refractivity contribution is -0.148. The highest BCUT2D eigenvalue weighted by molar-refractivity contribution is 6.30. The normalized spacial score (nSPS) is 16.3. The molecule has 6 nitrogen and oxygen atoms in total. The fourth-order valence-electron chi connectivity index (χ4n) is 3.14. The van der Waals surface area contributed by atoms with Crippen LogP contribution < -0.4 is 0 Å². The molecule has 1 aromatic carbocycles. The third-order valence-corrected chi connectivity index (χ3v) is 4.78. The van der Waals surface area contributed by atoms with Gasteiger partial charge in [-0.2, -0.15) is 0 Å². The molecule has 1 aliphatic heterocycles. The summed E-state index contributed by atoms with van der Waals surface area (Å²) in [6.07, 6.45) is 0. The second kappa shape index (κ2) is 7.93. The zero-order valence-corrected chi connectivity index (χ0v) is 15.5. The van der Waals surface area contributed by atoms with E-state index < -0.39 is 6.04 Å². The highest BCUT2D eigenvalue weighted by Gasteiger charge is 2.33. The molecule has 2 aromatic rings. The molecule has 1 fully saturated rings. The number of hydrogen-bond donors (Lipinski definition) is 0. The minimum Gasteiger partial charge on any atom is -0.468 e. The van der Waals surface area contributed by atoms with Gasteiger partial charge in [-0.15, -0.1) is 0 Å². The van der Waals surface area contributed by atoms with E-state index in [2.05, 4.69) is 0 Å². The van der Waals surface area contributed by atoms with E-state index in [0.717, 1.165) is 5.56 Å². The summed E-state index contributed by atoms with van der Waals surface area (Å²) in [5.74, 6) is 0.603. The van der Waals surface area contributed by atoms with Crippen LogP contribution in [0.25, 0.3) is 0 Å². The molecule has 1 amide bonds. The molecule has 1 aromatic heterocycles. The van der Waals surface area contributed by atoms with Crippen molar-refractivity contribution < 1.29 is 18.7 Å². The lowest BCUT2D eigenvalue weighted by Crippen LogP contribution is -2.51. The summed E-state index contributed by atoms with van der Waals surface area (Å²) in [4.78, 5) is 28.6. The minimum absolute atomic E-state index is 0.126. The number of piperazine rings is 1. The van der Waals surface area contributed by atoms with Crippen molar-refractivity contribution in [3.63, 3.8) is 0 Å². The molecule has 1 atom stereocenters. The van der Waals surface area contributed by atoms with Crippen molar-refractivity contribution in [2.24, 2.45) is 0 Å². The highest BCUT2D eigenvalue weighted by Crippen LogP contribution is 2.25. The van der Waals surface area contributed by atoms with E-state index in [4.69, 9.17) is 20.8 Å². The lowest BCUT2D eigenvalue weighted by Gasteiger charge is -2.38. The van der Waals surface area contributed by atoms with Crippen LogP contribution in [-0.4, -0.2) is 55.0 Å². The molecule has 0 bridgehead atoms. The van der Waals surface area contributed by atoms with Crippen molar-refractivity contribution in [1.82, 2.24) is 9.80 Å². The van der Waals surface area contributed by atoms with Gasteiger partial charge in [-0.25, -0.2) is 4.79 Å². The Morgan fingerprint density at radius 1 is 1.08 bits per heavy atom. The van der Waals surface area contributed by atoms with E-state index in [1.165, 1.54) is 7.11 Å². The summed E-state index contributed by atoms with van der Waals surface area (Å²) < 4.78 is 10.4. The minimum atomic E-state index is -0.514. The average molecular weight is 377 g/mol. The summed E-state index contributed by atoms with van der Waals surface area (Å²) in [7, 11) is 1.38. The Balaban J connectivity index is 1.70. The predicted octanol–water partition coefficient (Wildman–Crippen LogP) is 2.91. The zero-order valence-electron chi connectivity index (χ0n) is 14.8. The van der Waals surface area contributed by atoms with Crippen LogP contribution in [-0.2, 0) is 9.53 Å². The van der Waals surface area contributed by atoms with Gasteiger partial charge in [-0.05, 0) is 36.8 Å².